The minimum atomic E-state index is -0.295. The van der Waals surface area contributed by atoms with Gasteiger partial charge in [0, 0.05) is 49.8 Å². The molecule has 3 aromatic rings. The van der Waals surface area contributed by atoms with Gasteiger partial charge < -0.3 is 15.1 Å². The van der Waals surface area contributed by atoms with Crippen LogP contribution in [0.5, 0.6) is 0 Å². The molecule has 2 aromatic heterocycles. The van der Waals surface area contributed by atoms with Gasteiger partial charge in [-0.25, -0.2) is 14.4 Å². The molecule has 0 saturated carbocycles. The molecular formula is C27H30FN5O. The predicted molar refractivity (Wildman–Crippen MR) is 134 cm³/mol. The molecule has 0 spiro atoms. The van der Waals surface area contributed by atoms with E-state index < -0.39 is 0 Å². The second kappa shape index (κ2) is 10.9. The number of pyridine rings is 2. The summed E-state index contributed by atoms with van der Waals surface area (Å²) in [4.78, 5) is 26.0. The topological polar surface area (TPSA) is 61.4 Å². The lowest BCUT2D eigenvalue weighted by Gasteiger charge is -2.37. The maximum atomic E-state index is 13.4. The van der Waals surface area contributed by atoms with Crippen LogP contribution in [0.25, 0.3) is 11.1 Å². The van der Waals surface area contributed by atoms with E-state index in [9.17, 15) is 9.18 Å². The number of benzene rings is 1. The summed E-state index contributed by atoms with van der Waals surface area (Å²) in [5, 5.41) is 2.81. The van der Waals surface area contributed by atoms with Crippen molar-refractivity contribution in [3.05, 3.63) is 84.1 Å². The molecule has 4 rings (SSSR count). The number of anilines is 2. The molecular weight excluding hydrogens is 429 g/mol. The van der Waals surface area contributed by atoms with Gasteiger partial charge in [-0.1, -0.05) is 31.2 Å². The van der Waals surface area contributed by atoms with E-state index in [4.69, 9.17) is 0 Å². The summed E-state index contributed by atoms with van der Waals surface area (Å²) in [7, 11) is 0. The van der Waals surface area contributed by atoms with Crippen LogP contribution in [-0.4, -0.2) is 47.0 Å². The van der Waals surface area contributed by atoms with Crippen molar-refractivity contribution in [3.8, 4) is 11.1 Å². The third-order valence-corrected chi connectivity index (χ3v) is 5.96. The van der Waals surface area contributed by atoms with Crippen LogP contribution in [0.2, 0.25) is 0 Å². The molecule has 0 bridgehead atoms. The lowest BCUT2D eigenvalue weighted by atomic mass is 10.1. The van der Waals surface area contributed by atoms with Gasteiger partial charge in [0.15, 0.2) is 0 Å². The van der Waals surface area contributed by atoms with Crippen LogP contribution in [-0.2, 0) is 11.2 Å². The van der Waals surface area contributed by atoms with Crippen LogP contribution in [0.4, 0.5) is 16.0 Å². The Balaban J connectivity index is 1.29. The molecule has 1 amide bonds. The number of allylic oxidation sites excluding steroid dienone is 2. The highest BCUT2D eigenvalue weighted by Crippen LogP contribution is 2.21. The van der Waals surface area contributed by atoms with Gasteiger partial charge in [0.05, 0.1) is 6.42 Å². The van der Waals surface area contributed by atoms with E-state index in [-0.39, 0.29) is 18.1 Å². The van der Waals surface area contributed by atoms with E-state index in [1.807, 2.05) is 24.3 Å². The first-order chi connectivity index (χ1) is 16.5. The van der Waals surface area contributed by atoms with Gasteiger partial charge in [0.25, 0.3) is 0 Å². The Kier molecular flexibility index (Phi) is 7.52. The first-order valence-corrected chi connectivity index (χ1v) is 11.7. The number of carbonyl (C=O) groups excluding carboxylic acids is 1. The molecule has 6 nitrogen and oxygen atoms in total. The zero-order valence-corrected chi connectivity index (χ0v) is 19.7. The zero-order chi connectivity index (χ0) is 23.9. The van der Waals surface area contributed by atoms with Crippen molar-refractivity contribution in [1.82, 2.24) is 14.9 Å². The fraction of sp³-hybridized carbons (Fsp3) is 0.296. The third-order valence-electron chi connectivity index (χ3n) is 5.96. The molecule has 0 radical (unpaired) electrons. The highest BCUT2D eigenvalue weighted by Gasteiger charge is 2.18. The highest BCUT2D eigenvalue weighted by atomic mass is 19.1. The van der Waals surface area contributed by atoms with Crippen LogP contribution >= 0.6 is 0 Å². The minimum absolute atomic E-state index is 0.160. The summed E-state index contributed by atoms with van der Waals surface area (Å²) >= 11 is 0. The molecule has 176 valence electrons. The monoisotopic (exact) mass is 459 g/mol. The van der Waals surface area contributed by atoms with Crippen molar-refractivity contribution in [2.75, 3.05) is 36.4 Å². The van der Waals surface area contributed by atoms with E-state index >= 15 is 0 Å². The fourth-order valence-corrected chi connectivity index (χ4v) is 4.10. The van der Waals surface area contributed by atoms with Crippen LogP contribution in [0.3, 0.4) is 0 Å². The number of hydrogen-bond donors (Lipinski definition) is 1. The summed E-state index contributed by atoms with van der Waals surface area (Å²) in [6.07, 6.45) is 6.93. The van der Waals surface area contributed by atoms with Gasteiger partial charge >= 0.3 is 0 Å². The minimum Gasteiger partial charge on any atom is -0.372 e. The Morgan fingerprint density at radius 2 is 1.85 bits per heavy atom. The maximum absolute atomic E-state index is 13.4. The lowest BCUT2D eigenvalue weighted by Crippen LogP contribution is -2.45. The molecule has 3 heterocycles. The molecule has 1 fully saturated rings. The van der Waals surface area contributed by atoms with Gasteiger partial charge in [-0.2, -0.15) is 0 Å². The van der Waals surface area contributed by atoms with E-state index in [0.717, 1.165) is 55.1 Å². The lowest BCUT2D eigenvalue weighted by molar-refractivity contribution is -0.115. The van der Waals surface area contributed by atoms with Crippen LogP contribution < -0.4 is 10.2 Å². The van der Waals surface area contributed by atoms with Crippen molar-refractivity contribution < 1.29 is 9.18 Å². The summed E-state index contributed by atoms with van der Waals surface area (Å²) in [6, 6.07) is 13.8. The Morgan fingerprint density at radius 3 is 2.50 bits per heavy atom. The Labute approximate surface area is 200 Å². The van der Waals surface area contributed by atoms with E-state index in [1.165, 1.54) is 17.8 Å². The number of carbonyl (C=O) groups is 1. The summed E-state index contributed by atoms with van der Waals surface area (Å²) in [5.74, 6) is 0.943. The van der Waals surface area contributed by atoms with Gasteiger partial charge in [0.2, 0.25) is 5.91 Å². The molecule has 0 aliphatic carbocycles. The number of halogens is 1. The molecule has 0 unspecified atom stereocenters. The maximum Gasteiger partial charge on any atom is 0.230 e. The zero-order valence-electron chi connectivity index (χ0n) is 19.7. The standard InChI is InChI=1S/C27H30FN5O/c1-3-5-20(2)32-12-14-33(15-13-32)26-11-8-21(18-30-26)16-27(34)31-25-10-9-23(19-29-25)22-6-4-7-24(28)17-22/h4-11,17-19H,3,12-16H2,1-2H3,(H,29,31,34)/b20-5+. The number of nitrogens with zero attached hydrogens (tertiary/aromatic N) is 4. The molecule has 1 N–H and O–H groups in total. The molecule has 7 heteroatoms. The van der Waals surface area contributed by atoms with Crippen molar-refractivity contribution in [2.24, 2.45) is 0 Å². The predicted octanol–water partition coefficient (Wildman–Crippen LogP) is 4.90. The summed E-state index contributed by atoms with van der Waals surface area (Å²) in [6.45, 7) is 8.16. The molecule has 34 heavy (non-hydrogen) atoms. The first kappa shape index (κ1) is 23.4. The van der Waals surface area contributed by atoms with Crippen molar-refractivity contribution in [1.29, 1.82) is 0 Å². The van der Waals surface area contributed by atoms with Crippen molar-refractivity contribution >= 4 is 17.5 Å². The number of hydrogen-bond acceptors (Lipinski definition) is 5. The van der Waals surface area contributed by atoms with E-state index in [0.29, 0.717) is 5.82 Å². The summed E-state index contributed by atoms with van der Waals surface area (Å²) in [5.41, 5.74) is 3.72. The Hall–Kier alpha value is -3.74. The Morgan fingerprint density at radius 1 is 1.03 bits per heavy atom. The van der Waals surface area contributed by atoms with E-state index in [2.05, 4.69) is 45.0 Å². The number of nitrogens with one attached hydrogen (secondary N) is 1. The molecule has 1 aliphatic rings. The third kappa shape index (κ3) is 5.98. The van der Waals surface area contributed by atoms with Gasteiger partial charge in [0.1, 0.15) is 17.5 Å². The molecule has 0 atom stereocenters. The average molecular weight is 460 g/mol. The largest absolute Gasteiger partial charge is 0.372 e. The quantitative estimate of drug-likeness (QED) is 0.545. The van der Waals surface area contributed by atoms with Crippen LogP contribution in [0.1, 0.15) is 25.8 Å². The average Bonchev–Trinajstić information content (AvgIpc) is 2.85. The molecule has 1 aliphatic heterocycles. The van der Waals surface area contributed by atoms with Gasteiger partial charge in [-0.05, 0) is 54.8 Å². The van der Waals surface area contributed by atoms with Crippen molar-refractivity contribution in [3.63, 3.8) is 0 Å². The number of amides is 1. The first-order valence-electron chi connectivity index (χ1n) is 11.7. The number of aromatic nitrogens is 2. The smallest absolute Gasteiger partial charge is 0.230 e. The second-order valence-corrected chi connectivity index (χ2v) is 8.42. The summed E-state index contributed by atoms with van der Waals surface area (Å²) < 4.78 is 13.4. The van der Waals surface area contributed by atoms with Gasteiger partial charge in [-0.15, -0.1) is 0 Å². The van der Waals surface area contributed by atoms with Crippen molar-refractivity contribution in [2.45, 2.75) is 26.7 Å². The van der Waals surface area contributed by atoms with Crippen LogP contribution in [0.15, 0.2) is 72.7 Å². The number of piperazine rings is 1. The highest BCUT2D eigenvalue weighted by molar-refractivity contribution is 5.91. The normalized spacial score (nSPS) is 14.3. The van der Waals surface area contributed by atoms with Crippen LogP contribution in [0, 0.1) is 5.82 Å². The molecule has 1 saturated heterocycles. The SMILES string of the molecule is CC/C=C(\C)N1CCN(c2ccc(CC(=O)Nc3ccc(-c4cccc(F)c4)cn3)cn2)CC1. The second-order valence-electron chi connectivity index (χ2n) is 8.42. The fourth-order valence-electron chi connectivity index (χ4n) is 4.10. The van der Waals surface area contributed by atoms with E-state index in [1.54, 1.807) is 24.5 Å². The van der Waals surface area contributed by atoms with Gasteiger partial charge in [-0.3, -0.25) is 4.79 Å². The Bertz CT molecular complexity index is 1140. The number of rotatable bonds is 7. The molecule has 1 aromatic carbocycles.